The third kappa shape index (κ3) is 8.55. The fourth-order valence-corrected chi connectivity index (χ4v) is 4.91. The minimum absolute atomic E-state index is 0.125. The number of rotatable bonds is 14. The summed E-state index contributed by atoms with van der Waals surface area (Å²) < 4.78 is 0. The van der Waals surface area contributed by atoms with Gasteiger partial charge in [-0.25, -0.2) is 11.7 Å². The lowest BCUT2D eigenvalue weighted by molar-refractivity contribution is 0.0692. The number of allylic oxidation sites excluding steroid dienone is 2. The molecule has 0 aliphatic carbocycles. The first kappa shape index (κ1) is 35.6. The molecular weight excluding hydrogens is 524 g/mol. The predicted molar refractivity (Wildman–Crippen MR) is 174 cm³/mol. The molecule has 0 saturated carbocycles. The first-order valence-electron chi connectivity index (χ1n) is 14.0. The number of terminal acetylenes is 2. The Morgan fingerprint density at radius 3 is 2.10 bits per heavy atom. The molecule has 42 heavy (non-hydrogen) atoms. The molecule has 1 aromatic carbocycles. The van der Waals surface area contributed by atoms with E-state index in [1.54, 1.807) is 17.3 Å². The van der Waals surface area contributed by atoms with E-state index >= 15 is 0 Å². The van der Waals surface area contributed by atoms with E-state index in [1.807, 2.05) is 82.0 Å². The molecule has 9 heteroatoms. The van der Waals surface area contributed by atoms with Gasteiger partial charge in [-0.05, 0) is 43.5 Å². The van der Waals surface area contributed by atoms with Crippen LogP contribution < -0.4 is 23.2 Å². The Hall–Kier alpha value is -4.41. The van der Waals surface area contributed by atoms with Crippen LogP contribution in [0.5, 0.6) is 0 Å². The van der Waals surface area contributed by atoms with Crippen LogP contribution in [0.3, 0.4) is 0 Å². The molecule has 1 amide bonds. The normalized spacial score (nSPS) is 17.0. The number of carbonyl (C=O) groups excluding carboxylic acids is 1. The second kappa shape index (κ2) is 17.4. The Balaban J connectivity index is 0.00000431. The van der Waals surface area contributed by atoms with E-state index in [-0.39, 0.29) is 12.5 Å². The maximum absolute atomic E-state index is 13.7. The van der Waals surface area contributed by atoms with Crippen LogP contribution in [0.25, 0.3) is 0 Å². The van der Waals surface area contributed by atoms with Crippen molar-refractivity contribution in [3.63, 3.8) is 0 Å². The summed E-state index contributed by atoms with van der Waals surface area (Å²) in [5.74, 6) is 17.3. The minimum atomic E-state index is -0.865. The summed E-state index contributed by atoms with van der Waals surface area (Å²) in [4.78, 5) is 17.3. The van der Waals surface area contributed by atoms with Crippen LogP contribution in [0.2, 0.25) is 0 Å². The van der Waals surface area contributed by atoms with Crippen molar-refractivity contribution in [1.82, 2.24) is 19.8 Å². The summed E-state index contributed by atoms with van der Waals surface area (Å²) in [6.07, 6.45) is 19.8. The van der Waals surface area contributed by atoms with E-state index in [0.29, 0.717) is 49.7 Å². The van der Waals surface area contributed by atoms with Crippen molar-refractivity contribution >= 4 is 5.91 Å². The van der Waals surface area contributed by atoms with Gasteiger partial charge in [-0.3, -0.25) is 9.69 Å². The first-order valence-corrected chi connectivity index (χ1v) is 14.0. The zero-order chi connectivity index (χ0) is 31.9. The number of carbonyl (C=O) groups is 1. The van der Waals surface area contributed by atoms with Crippen LogP contribution in [0.15, 0.2) is 84.0 Å². The van der Waals surface area contributed by atoms with Crippen LogP contribution in [-0.4, -0.2) is 65.0 Å². The molecule has 1 aliphatic heterocycles. The highest BCUT2D eigenvalue weighted by molar-refractivity contribution is 6.01. The molecular formula is C33H48N8O. The Morgan fingerprint density at radius 1 is 1.02 bits per heavy atom. The second-order valence-corrected chi connectivity index (χ2v) is 9.58. The zero-order valence-corrected chi connectivity index (χ0v) is 25.8. The Labute approximate surface area is 252 Å². The summed E-state index contributed by atoms with van der Waals surface area (Å²) in [7, 11) is 0. The number of nitrogens with zero attached hydrogens (tertiary/aromatic N) is 4. The van der Waals surface area contributed by atoms with Gasteiger partial charge in [0.05, 0.1) is 32.7 Å². The fourth-order valence-electron chi connectivity index (χ4n) is 4.91. The van der Waals surface area contributed by atoms with Crippen molar-refractivity contribution in [2.24, 2.45) is 23.2 Å². The van der Waals surface area contributed by atoms with Gasteiger partial charge in [-0.1, -0.05) is 68.7 Å². The van der Waals surface area contributed by atoms with Crippen molar-refractivity contribution < 1.29 is 4.79 Å². The summed E-state index contributed by atoms with van der Waals surface area (Å²) >= 11 is 0. The van der Waals surface area contributed by atoms with Gasteiger partial charge in [-0.2, -0.15) is 0 Å². The number of nitrogens with two attached hydrogens (primary N) is 4. The maximum atomic E-state index is 13.7. The Morgan fingerprint density at radius 2 is 1.57 bits per heavy atom. The molecule has 0 saturated heterocycles. The van der Waals surface area contributed by atoms with Crippen molar-refractivity contribution in [2.75, 3.05) is 39.3 Å². The molecule has 0 spiro atoms. The van der Waals surface area contributed by atoms with E-state index in [0.717, 1.165) is 16.7 Å². The number of benzene rings is 1. The smallest absolute Gasteiger partial charge is 0.255 e. The minimum Gasteiger partial charge on any atom is -0.400 e. The van der Waals surface area contributed by atoms with Crippen LogP contribution in [0.1, 0.15) is 50.5 Å². The molecule has 1 aliphatic rings. The maximum Gasteiger partial charge on any atom is 0.255 e. The molecule has 226 valence electrons. The van der Waals surface area contributed by atoms with Gasteiger partial charge in [0.1, 0.15) is 5.54 Å². The van der Waals surface area contributed by atoms with E-state index in [9.17, 15) is 4.79 Å². The van der Waals surface area contributed by atoms with Gasteiger partial charge < -0.3 is 26.4 Å². The average Bonchev–Trinajstić information content (AvgIpc) is 3.21. The molecule has 0 fully saturated rings. The molecule has 1 atom stereocenters. The number of hydrogen-bond donors (Lipinski definition) is 4. The largest absolute Gasteiger partial charge is 0.400 e. The van der Waals surface area contributed by atoms with Crippen LogP contribution >= 0.6 is 0 Å². The monoisotopic (exact) mass is 572 g/mol. The van der Waals surface area contributed by atoms with E-state index in [1.165, 1.54) is 10.0 Å². The van der Waals surface area contributed by atoms with Gasteiger partial charge in [0.25, 0.3) is 5.91 Å². The molecule has 2 rings (SSSR count). The molecule has 0 aromatic heterocycles. The Kier molecular flexibility index (Phi) is 14.8. The highest BCUT2D eigenvalue weighted by atomic mass is 16.2. The lowest BCUT2D eigenvalue weighted by atomic mass is 9.77. The third-order valence-corrected chi connectivity index (χ3v) is 6.69. The summed E-state index contributed by atoms with van der Waals surface area (Å²) in [6, 6.07) is 7.59. The predicted octanol–water partition coefficient (Wildman–Crippen LogP) is 2.98. The molecule has 1 aromatic rings. The topological polar surface area (TPSA) is 134 Å². The molecule has 0 bridgehead atoms. The number of hydrazine groups is 2. The van der Waals surface area contributed by atoms with Crippen molar-refractivity contribution in [3.8, 4) is 24.7 Å². The van der Waals surface area contributed by atoms with Gasteiger partial charge in [0, 0.05) is 35.9 Å². The number of fused-ring (bicyclic) bond motifs is 1. The van der Waals surface area contributed by atoms with Gasteiger partial charge in [-0.15, -0.1) is 12.8 Å². The lowest BCUT2D eigenvalue weighted by Gasteiger charge is -2.41. The standard InChI is InChI=1S/C31H42N8O.C2H6/c1-7-13-25(6)31(24(5)10-4)29-15-12-11-14-28(29)30(40)39(31)23-27(33)22-38(35)19-18-37(34)21-26(32)20-36(16-8-2)17-9-3;1-2/h2-3,7,10-15,21-22H,6,16-20,23,32-35H2,1,4-5H3;1-2H3/b13-7-,24-10+,26-21-,27-22-;. The van der Waals surface area contributed by atoms with E-state index < -0.39 is 5.54 Å². The number of amides is 1. The summed E-state index contributed by atoms with van der Waals surface area (Å²) in [5.41, 5.74) is 15.8. The highest BCUT2D eigenvalue weighted by Gasteiger charge is 2.51. The average molecular weight is 573 g/mol. The fraction of sp³-hybridized carbons (Fsp3) is 0.364. The van der Waals surface area contributed by atoms with Gasteiger partial charge in [0.2, 0.25) is 0 Å². The van der Waals surface area contributed by atoms with Crippen molar-refractivity contribution in [3.05, 3.63) is 95.1 Å². The highest BCUT2D eigenvalue weighted by Crippen LogP contribution is 2.49. The molecule has 8 N–H and O–H groups in total. The lowest BCUT2D eigenvalue weighted by Crippen LogP contribution is -2.47. The second-order valence-electron chi connectivity index (χ2n) is 9.58. The number of hydrogen-bond acceptors (Lipinski definition) is 8. The van der Waals surface area contributed by atoms with Crippen LogP contribution in [0.4, 0.5) is 0 Å². The molecule has 1 heterocycles. The molecule has 9 nitrogen and oxygen atoms in total. The SMILES string of the molecule is C#CCN(CC#C)C/C(N)=C/N(N)CCN(N)/C=C(\N)CN1C(=O)c2ccccc2C1(C(=C)/C=C\C)/C(C)=C/C.CC. The van der Waals surface area contributed by atoms with E-state index in [2.05, 4.69) is 18.4 Å². The molecule has 0 radical (unpaired) electrons. The quantitative estimate of drug-likeness (QED) is 0.0879. The van der Waals surface area contributed by atoms with Crippen molar-refractivity contribution in [2.45, 2.75) is 40.2 Å². The van der Waals surface area contributed by atoms with Crippen LogP contribution in [0, 0.1) is 24.7 Å². The van der Waals surface area contributed by atoms with Gasteiger partial charge in [0.15, 0.2) is 0 Å². The van der Waals surface area contributed by atoms with Crippen molar-refractivity contribution in [1.29, 1.82) is 0 Å². The third-order valence-electron chi connectivity index (χ3n) is 6.69. The van der Waals surface area contributed by atoms with Gasteiger partial charge >= 0.3 is 0 Å². The Bertz CT molecular complexity index is 1260. The van der Waals surface area contributed by atoms with E-state index in [4.69, 9.17) is 36.0 Å². The van der Waals surface area contributed by atoms with Crippen LogP contribution in [-0.2, 0) is 5.54 Å². The first-order chi connectivity index (χ1) is 20.1. The zero-order valence-electron chi connectivity index (χ0n) is 25.8. The summed E-state index contributed by atoms with van der Waals surface area (Å²) in [6.45, 7) is 16.2. The molecule has 1 unspecified atom stereocenters. The summed E-state index contributed by atoms with van der Waals surface area (Å²) in [5, 5.41) is 2.87.